The topological polar surface area (TPSA) is 72.5 Å². The van der Waals surface area contributed by atoms with Crippen molar-refractivity contribution in [1.29, 1.82) is 0 Å². The Kier molecular flexibility index (Phi) is 6.51. The minimum Gasteiger partial charge on any atom is -0.372 e. The highest BCUT2D eigenvalue weighted by Crippen LogP contribution is 2.03. The minimum absolute atomic E-state index is 0.0264. The lowest BCUT2D eigenvalue weighted by atomic mass is 10.2. The van der Waals surface area contributed by atoms with Gasteiger partial charge >= 0.3 is 0 Å². The Morgan fingerprint density at radius 1 is 1.40 bits per heavy atom. The summed E-state index contributed by atoms with van der Waals surface area (Å²) >= 11 is 0. The summed E-state index contributed by atoms with van der Waals surface area (Å²) in [6.07, 6.45) is 0.764. The number of rotatable bonds is 7. The summed E-state index contributed by atoms with van der Waals surface area (Å²) < 4.78 is 29.5. The van der Waals surface area contributed by atoms with Gasteiger partial charge in [-0.05, 0) is 12.8 Å². The first-order valence-electron chi connectivity index (χ1n) is 5.02. The second-order valence-corrected chi connectivity index (χ2v) is 5.22. The third kappa shape index (κ3) is 7.33. The van der Waals surface area contributed by atoms with Gasteiger partial charge in [0.05, 0.1) is 5.75 Å². The number of ether oxygens (including phenoxy) is 1. The molecule has 0 fully saturated rings. The van der Waals surface area contributed by atoms with Crippen LogP contribution in [0.3, 0.4) is 0 Å². The van der Waals surface area contributed by atoms with E-state index in [-0.39, 0.29) is 18.3 Å². The maximum atomic E-state index is 11.4. The maximum absolute atomic E-state index is 11.4. The highest BCUT2D eigenvalue weighted by molar-refractivity contribution is 7.90. The lowest BCUT2D eigenvalue weighted by Gasteiger charge is -2.10. The molecule has 15 heavy (non-hydrogen) atoms. The van der Waals surface area contributed by atoms with Gasteiger partial charge in [0.25, 0.3) is 5.91 Å². The van der Waals surface area contributed by atoms with E-state index in [1.165, 1.54) is 0 Å². The van der Waals surface area contributed by atoms with Crippen LogP contribution in [0.25, 0.3) is 0 Å². The fourth-order valence-corrected chi connectivity index (χ4v) is 2.41. The van der Waals surface area contributed by atoms with E-state index < -0.39 is 15.9 Å². The summed E-state index contributed by atoms with van der Waals surface area (Å²) in [5.74, 6) is -0.594. The zero-order valence-electron chi connectivity index (χ0n) is 9.45. The van der Waals surface area contributed by atoms with Crippen LogP contribution in [0.2, 0.25) is 0 Å². The predicted octanol–water partition coefficient (Wildman–Crippen LogP) is 0.515. The fourth-order valence-electron chi connectivity index (χ4n) is 0.932. The van der Waals surface area contributed by atoms with Crippen LogP contribution in [0.5, 0.6) is 0 Å². The molecular weight excluding hydrogens is 218 g/mol. The molecule has 0 aromatic heterocycles. The number of hydrogen-bond acceptors (Lipinski definition) is 4. The van der Waals surface area contributed by atoms with Crippen LogP contribution in [0.15, 0.2) is 0 Å². The highest BCUT2D eigenvalue weighted by atomic mass is 32.2. The molecule has 0 bridgehead atoms. The molecule has 0 aliphatic rings. The number of nitrogens with one attached hydrogen (secondary N) is 1. The molecule has 1 N–H and O–H groups in total. The van der Waals surface area contributed by atoms with E-state index in [1.54, 1.807) is 6.92 Å². The van der Waals surface area contributed by atoms with Crippen molar-refractivity contribution in [3.63, 3.8) is 0 Å². The molecule has 0 radical (unpaired) electrons. The SMILES string of the molecule is CCOCC(=O)NS(=O)(=O)CC(C)CC. The third-order valence-corrected chi connectivity index (χ3v) is 3.45. The summed E-state index contributed by atoms with van der Waals surface area (Å²) in [4.78, 5) is 11.1. The maximum Gasteiger partial charge on any atom is 0.259 e. The smallest absolute Gasteiger partial charge is 0.259 e. The minimum atomic E-state index is -3.50. The molecule has 0 heterocycles. The molecule has 0 saturated heterocycles. The van der Waals surface area contributed by atoms with Crippen molar-refractivity contribution in [2.75, 3.05) is 19.0 Å². The molecule has 1 atom stereocenters. The van der Waals surface area contributed by atoms with Crippen molar-refractivity contribution in [2.24, 2.45) is 5.92 Å². The summed E-state index contributed by atoms with van der Waals surface area (Å²) in [6, 6.07) is 0. The van der Waals surface area contributed by atoms with Crippen LogP contribution in [0.1, 0.15) is 27.2 Å². The van der Waals surface area contributed by atoms with Gasteiger partial charge in [0.1, 0.15) is 6.61 Å². The fraction of sp³-hybridized carbons (Fsp3) is 0.889. The first-order chi connectivity index (χ1) is 6.91. The second-order valence-electron chi connectivity index (χ2n) is 3.46. The van der Waals surface area contributed by atoms with E-state index >= 15 is 0 Å². The summed E-state index contributed by atoms with van der Waals surface area (Å²) in [7, 11) is -3.50. The molecule has 0 aromatic carbocycles. The van der Waals surface area contributed by atoms with Gasteiger partial charge in [0, 0.05) is 6.61 Å². The average molecular weight is 237 g/mol. The largest absolute Gasteiger partial charge is 0.372 e. The lowest BCUT2D eigenvalue weighted by Crippen LogP contribution is -2.36. The van der Waals surface area contributed by atoms with Crippen molar-refractivity contribution in [1.82, 2.24) is 4.72 Å². The average Bonchev–Trinajstić information content (AvgIpc) is 2.12. The second kappa shape index (κ2) is 6.79. The Morgan fingerprint density at radius 2 is 2.00 bits per heavy atom. The zero-order valence-corrected chi connectivity index (χ0v) is 10.3. The van der Waals surface area contributed by atoms with Crippen molar-refractivity contribution in [3.05, 3.63) is 0 Å². The van der Waals surface area contributed by atoms with Gasteiger partial charge in [-0.3, -0.25) is 9.52 Å². The van der Waals surface area contributed by atoms with Gasteiger partial charge in [-0.2, -0.15) is 0 Å². The quantitative estimate of drug-likeness (QED) is 0.700. The lowest BCUT2D eigenvalue weighted by molar-refractivity contribution is -0.123. The first-order valence-corrected chi connectivity index (χ1v) is 6.67. The van der Waals surface area contributed by atoms with Gasteiger partial charge in [-0.1, -0.05) is 20.3 Å². The van der Waals surface area contributed by atoms with E-state index in [1.807, 2.05) is 18.6 Å². The van der Waals surface area contributed by atoms with E-state index in [2.05, 4.69) is 0 Å². The third-order valence-electron chi connectivity index (χ3n) is 1.91. The van der Waals surface area contributed by atoms with Gasteiger partial charge in [0.2, 0.25) is 10.0 Å². The van der Waals surface area contributed by atoms with Gasteiger partial charge in [0.15, 0.2) is 0 Å². The predicted molar refractivity (Wildman–Crippen MR) is 57.9 cm³/mol. The normalized spacial score (nSPS) is 13.5. The zero-order chi connectivity index (χ0) is 11.9. The molecule has 5 nitrogen and oxygen atoms in total. The number of carbonyl (C=O) groups excluding carboxylic acids is 1. The molecule has 90 valence electrons. The molecule has 0 spiro atoms. The van der Waals surface area contributed by atoms with Gasteiger partial charge in [-0.15, -0.1) is 0 Å². The summed E-state index contributed by atoms with van der Waals surface area (Å²) in [6.45, 7) is 5.64. The number of amides is 1. The Hall–Kier alpha value is -0.620. The van der Waals surface area contributed by atoms with Crippen LogP contribution in [0, 0.1) is 5.92 Å². The van der Waals surface area contributed by atoms with E-state index in [4.69, 9.17) is 4.74 Å². The van der Waals surface area contributed by atoms with Gasteiger partial charge in [-0.25, -0.2) is 8.42 Å². The molecular formula is C9H19NO4S. The molecule has 1 unspecified atom stereocenters. The summed E-state index contributed by atoms with van der Waals surface area (Å²) in [5.41, 5.74) is 0. The van der Waals surface area contributed by atoms with E-state index in [0.717, 1.165) is 6.42 Å². The Bertz CT molecular complexity index is 286. The van der Waals surface area contributed by atoms with E-state index in [0.29, 0.717) is 6.61 Å². The Balaban J connectivity index is 4.08. The molecule has 0 aliphatic carbocycles. The van der Waals surface area contributed by atoms with Crippen LogP contribution in [-0.2, 0) is 19.6 Å². The molecule has 1 amide bonds. The van der Waals surface area contributed by atoms with Crippen LogP contribution in [0.4, 0.5) is 0 Å². The van der Waals surface area contributed by atoms with Crippen molar-refractivity contribution in [3.8, 4) is 0 Å². The number of sulfonamides is 1. The van der Waals surface area contributed by atoms with Crippen molar-refractivity contribution >= 4 is 15.9 Å². The van der Waals surface area contributed by atoms with E-state index in [9.17, 15) is 13.2 Å². The first kappa shape index (κ1) is 14.4. The number of hydrogen-bond donors (Lipinski definition) is 1. The van der Waals surface area contributed by atoms with Gasteiger partial charge < -0.3 is 4.74 Å². The van der Waals surface area contributed by atoms with Crippen LogP contribution < -0.4 is 4.72 Å². The molecule has 0 aliphatic heterocycles. The molecule has 0 saturated carbocycles. The standard InChI is InChI=1S/C9H19NO4S/c1-4-8(3)7-15(12,13)10-9(11)6-14-5-2/h8H,4-7H2,1-3H3,(H,10,11). The van der Waals surface area contributed by atoms with Crippen molar-refractivity contribution < 1.29 is 17.9 Å². The summed E-state index contributed by atoms with van der Waals surface area (Å²) in [5, 5.41) is 0. The Morgan fingerprint density at radius 3 is 2.47 bits per heavy atom. The molecule has 0 aromatic rings. The number of carbonyl (C=O) groups is 1. The van der Waals surface area contributed by atoms with Crippen molar-refractivity contribution in [2.45, 2.75) is 27.2 Å². The highest BCUT2D eigenvalue weighted by Gasteiger charge is 2.17. The molecule has 0 rings (SSSR count). The van der Waals surface area contributed by atoms with Crippen LogP contribution in [-0.4, -0.2) is 33.3 Å². The monoisotopic (exact) mass is 237 g/mol. The van der Waals surface area contributed by atoms with Crippen LogP contribution >= 0.6 is 0 Å². The Labute approximate surface area is 91.2 Å². The molecule has 6 heteroatoms.